The Morgan fingerprint density at radius 1 is 1.18 bits per heavy atom. The third-order valence-corrected chi connectivity index (χ3v) is 7.66. The Balaban J connectivity index is 1.72. The molecule has 0 radical (unpaired) electrons. The van der Waals surface area contributed by atoms with Gasteiger partial charge in [-0.3, -0.25) is 4.79 Å². The molecule has 1 amide bonds. The molecule has 3 N–H and O–H groups in total. The van der Waals surface area contributed by atoms with Crippen molar-refractivity contribution < 1.29 is 27.9 Å². The third-order valence-electron chi connectivity index (χ3n) is 6.12. The number of ether oxygens (including phenoxy) is 1. The van der Waals surface area contributed by atoms with E-state index in [9.17, 15) is 23.1 Å². The van der Waals surface area contributed by atoms with Crippen molar-refractivity contribution in [3.8, 4) is 11.6 Å². The van der Waals surface area contributed by atoms with Crippen LogP contribution in [0.5, 0.6) is 11.6 Å². The third kappa shape index (κ3) is 5.10. The van der Waals surface area contributed by atoms with E-state index in [4.69, 9.17) is 4.74 Å². The van der Waals surface area contributed by atoms with Crippen LogP contribution < -0.4 is 14.8 Å². The lowest BCUT2D eigenvalue weighted by molar-refractivity contribution is -0.119. The molecule has 2 aromatic rings. The molecule has 0 unspecified atom stereocenters. The number of aromatic nitrogens is 2. The van der Waals surface area contributed by atoms with Gasteiger partial charge in [-0.1, -0.05) is 12.8 Å². The van der Waals surface area contributed by atoms with Crippen molar-refractivity contribution in [1.29, 1.82) is 0 Å². The quantitative estimate of drug-likeness (QED) is 0.485. The lowest BCUT2D eigenvalue weighted by atomic mass is 10.1. The van der Waals surface area contributed by atoms with Crippen molar-refractivity contribution in [2.75, 3.05) is 5.32 Å². The molecule has 1 heterocycles. The van der Waals surface area contributed by atoms with E-state index in [1.54, 1.807) is 13.0 Å². The van der Waals surface area contributed by atoms with E-state index in [0.717, 1.165) is 38.5 Å². The minimum Gasteiger partial charge on any atom is -0.476 e. The number of anilines is 1. The monoisotopic (exact) mass is 490 g/mol. The summed E-state index contributed by atoms with van der Waals surface area (Å²) in [6.07, 6.45) is 5.19. The molecule has 0 aliphatic heterocycles. The molecular weight excluding hydrogens is 460 g/mol. The van der Waals surface area contributed by atoms with Gasteiger partial charge in [0.25, 0.3) is 0 Å². The van der Waals surface area contributed by atoms with Crippen molar-refractivity contribution in [2.24, 2.45) is 5.92 Å². The Labute approximate surface area is 198 Å². The van der Waals surface area contributed by atoms with Gasteiger partial charge in [0.15, 0.2) is 5.69 Å². The molecule has 2 aliphatic rings. The first-order chi connectivity index (χ1) is 16.1. The standard InChI is InChI=1S/C23H30N4O6S/c1-13(2)27-22(14(3)20(25-27)23(29)30)33-18-11-10-17(24-21(28)15-6-4-5-7-15)12-19(18)34(31,32)26-16-8-9-16/h10-13,15-16,26H,4-9H2,1-3H3,(H,24,28)(H,29,30). The Morgan fingerprint density at radius 3 is 2.44 bits per heavy atom. The predicted octanol–water partition coefficient (Wildman–Crippen LogP) is 3.83. The van der Waals surface area contributed by atoms with E-state index in [2.05, 4.69) is 15.1 Å². The molecule has 1 aromatic carbocycles. The molecule has 10 nitrogen and oxygen atoms in total. The summed E-state index contributed by atoms with van der Waals surface area (Å²) in [4.78, 5) is 24.1. The molecule has 0 saturated heterocycles. The van der Waals surface area contributed by atoms with Gasteiger partial charge in [0.2, 0.25) is 21.8 Å². The molecule has 34 heavy (non-hydrogen) atoms. The highest BCUT2D eigenvalue weighted by Gasteiger charge is 2.32. The molecule has 2 aliphatic carbocycles. The maximum Gasteiger partial charge on any atom is 0.356 e. The summed E-state index contributed by atoms with van der Waals surface area (Å²) in [7, 11) is -3.95. The number of nitrogens with one attached hydrogen (secondary N) is 2. The molecule has 2 fully saturated rings. The number of rotatable bonds is 9. The van der Waals surface area contributed by atoms with E-state index >= 15 is 0 Å². The van der Waals surface area contributed by atoms with Crippen LogP contribution in [-0.2, 0) is 14.8 Å². The molecule has 4 rings (SSSR count). The van der Waals surface area contributed by atoms with E-state index in [1.165, 1.54) is 16.8 Å². The zero-order valence-corrected chi connectivity index (χ0v) is 20.3. The van der Waals surface area contributed by atoms with Gasteiger partial charge < -0.3 is 15.2 Å². The number of nitrogens with zero attached hydrogens (tertiary/aromatic N) is 2. The highest BCUT2D eigenvalue weighted by Crippen LogP contribution is 2.36. The second kappa shape index (κ2) is 9.38. The number of sulfonamides is 1. The smallest absolute Gasteiger partial charge is 0.356 e. The van der Waals surface area contributed by atoms with Crippen molar-refractivity contribution in [3.05, 3.63) is 29.5 Å². The fourth-order valence-corrected chi connectivity index (χ4v) is 5.54. The SMILES string of the molecule is Cc1c(C(=O)O)nn(C(C)C)c1Oc1ccc(NC(=O)C2CCCC2)cc1S(=O)(=O)NC1CC1. The van der Waals surface area contributed by atoms with Gasteiger partial charge in [0, 0.05) is 23.2 Å². The number of carboxylic acids is 1. The first-order valence-corrected chi connectivity index (χ1v) is 13.0. The number of carbonyl (C=O) groups is 2. The second-order valence-electron chi connectivity index (χ2n) is 9.25. The van der Waals surface area contributed by atoms with Crippen LogP contribution >= 0.6 is 0 Å². The molecule has 1 aromatic heterocycles. The summed E-state index contributed by atoms with van der Waals surface area (Å²) in [6.45, 7) is 5.20. The number of aromatic carboxylic acids is 1. The number of hydrogen-bond acceptors (Lipinski definition) is 6. The number of hydrogen-bond donors (Lipinski definition) is 3. The second-order valence-corrected chi connectivity index (χ2v) is 10.9. The van der Waals surface area contributed by atoms with Crippen LogP contribution in [-0.4, -0.2) is 41.2 Å². The molecule has 184 valence electrons. The maximum absolute atomic E-state index is 13.2. The minimum atomic E-state index is -3.95. The Morgan fingerprint density at radius 2 is 1.85 bits per heavy atom. The van der Waals surface area contributed by atoms with Crippen molar-refractivity contribution in [3.63, 3.8) is 0 Å². The molecule has 11 heteroatoms. The average molecular weight is 491 g/mol. The van der Waals surface area contributed by atoms with Gasteiger partial charge in [0.05, 0.1) is 6.04 Å². The molecule has 0 spiro atoms. The lowest BCUT2D eigenvalue weighted by Gasteiger charge is -2.17. The highest BCUT2D eigenvalue weighted by atomic mass is 32.2. The van der Waals surface area contributed by atoms with E-state index in [-0.39, 0.29) is 46.1 Å². The summed E-state index contributed by atoms with van der Waals surface area (Å²) >= 11 is 0. The predicted molar refractivity (Wildman–Crippen MR) is 125 cm³/mol. The number of benzene rings is 1. The maximum atomic E-state index is 13.2. The Kier molecular flexibility index (Phi) is 6.68. The van der Waals surface area contributed by atoms with E-state index in [1.807, 2.05) is 13.8 Å². The highest BCUT2D eigenvalue weighted by molar-refractivity contribution is 7.89. The van der Waals surface area contributed by atoms with Gasteiger partial charge in [0.1, 0.15) is 10.6 Å². The lowest BCUT2D eigenvalue weighted by Crippen LogP contribution is -2.26. The molecular formula is C23H30N4O6S. The molecule has 0 atom stereocenters. The van der Waals surface area contributed by atoms with Crippen LogP contribution in [0.4, 0.5) is 5.69 Å². The summed E-state index contributed by atoms with van der Waals surface area (Å²) in [5.74, 6) is -1.22. The van der Waals surface area contributed by atoms with Crippen LogP contribution in [0.1, 0.15) is 74.5 Å². The van der Waals surface area contributed by atoms with Crippen LogP contribution in [0.15, 0.2) is 23.1 Å². The first kappa shape index (κ1) is 24.2. The van der Waals surface area contributed by atoms with E-state index < -0.39 is 16.0 Å². The zero-order valence-electron chi connectivity index (χ0n) is 19.5. The van der Waals surface area contributed by atoms with Crippen molar-refractivity contribution in [2.45, 2.75) is 76.3 Å². The van der Waals surface area contributed by atoms with Gasteiger partial charge in [-0.15, -0.1) is 0 Å². The van der Waals surface area contributed by atoms with E-state index in [0.29, 0.717) is 11.3 Å². The Hall–Kier alpha value is -2.92. The molecule has 0 bridgehead atoms. The summed E-state index contributed by atoms with van der Waals surface area (Å²) in [6, 6.07) is 4.09. The fraction of sp³-hybridized carbons (Fsp3) is 0.522. The van der Waals surface area contributed by atoms with Crippen molar-refractivity contribution >= 4 is 27.6 Å². The minimum absolute atomic E-state index is 0.0221. The normalized spacial score (nSPS) is 16.7. The zero-order chi connectivity index (χ0) is 24.6. The summed E-state index contributed by atoms with van der Waals surface area (Å²) < 4.78 is 36.4. The largest absolute Gasteiger partial charge is 0.476 e. The van der Waals surface area contributed by atoms with Gasteiger partial charge in [-0.05, 0) is 64.7 Å². The van der Waals surface area contributed by atoms with Crippen LogP contribution in [0.3, 0.4) is 0 Å². The van der Waals surface area contributed by atoms with Gasteiger partial charge in [-0.25, -0.2) is 22.6 Å². The van der Waals surface area contributed by atoms with Crippen LogP contribution in [0, 0.1) is 12.8 Å². The number of amides is 1. The molecule has 2 saturated carbocycles. The average Bonchev–Trinajstić information content (AvgIpc) is 3.26. The number of carboxylic acid groups (broad SMARTS) is 1. The Bertz CT molecular complexity index is 1210. The fourth-order valence-electron chi connectivity index (χ4n) is 4.08. The van der Waals surface area contributed by atoms with Crippen LogP contribution in [0.2, 0.25) is 0 Å². The summed E-state index contributed by atoms with van der Waals surface area (Å²) in [5, 5.41) is 16.4. The van der Waals surface area contributed by atoms with Gasteiger partial charge >= 0.3 is 5.97 Å². The van der Waals surface area contributed by atoms with Crippen molar-refractivity contribution in [1.82, 2.24) is 14.5 Å². The van der Waals surface area contributed by atoms with Crippen LogP contribution in [0.25, 0.3) is 0 Å². The summed E-state index contributed by atoms with van der Waals surface area (Å²) in [5.41, 5.74) is 0.490. The van der Waals surface area contributed by atoms with Gasteiger partial charge in [-0.2, -0.15) is 5.10 Å². The first-order valence-electron chi connectivity index (χ1n) is 11.5. The topological polar surface area (TPSA) is 140 Å². The number of carbonyl (C=O) groups excluding carboxylic acids is 1.